The molecule has 1 amide bonds. The summed E-state index contributed by atoms with van der Waals surface area (Å²) in [4.78, 5) is 17.3. The van der Waals surface area contributed by atoms with Gasteiger partial charge < -0.3 is 4.90 Å². The van der Waals surface area contributed by atoms with Gasteiger partial charge in [-0.05, 0) is 25.5 Å². The van der Waals surface area contributed by atoms with E-state index in [4.69, 9.17) is 0 Å². The zero-order valence-corrected chi connectivity index (χ0v) is 9.61. The van der Waals surface area contributed by atoms with Crippen LogP contribution < -0.4 is 0 Å². The molecule has 0 radical (unpaired) electrons. The van der Waals surface area contributed by atoms with Gasteiger partial charge in [-0.15, -0.1) is 0 Å². The monoisotopic (exact) mass is 204 g/mol. The van der Waals surface area contributed by atoms with Crippen molar-refractivity contribution >= 4 is 12.2 Å². The second-order valence-corrected chi connectivity index (χ2v) is 3.83. The summed E-state index contributed by atoms with van der Waals surface area (Å²) in [5, 5.41) is 0. The lowest BCUT2D eigenvalue weighted by atomic mass is 10.1. The van der Waals surface area contributed by atoms with Crippen LogP contribution in [0.3, 0.4) is 0 Å². The fourth-order valence-electron chi connectivity index (χ4n) is 1.20. The van der Waals surface area contributed by atoms with E-state index >= 15 is 0 Å². The van der Waals surface area contributed by atoms with Crippen LogP contribution in [0.1, 0.15) is 21.5 Å². The first kappa shape index (κ1) is 11.4. The molecule has 0 aromatic heterocycles. The van der Waals surface area contributed by atoms with Crippen LogP contribution in [0.2, 0.25) is 0 Å². The van der Waals surface area contributed by atoms with Gasteiger partial charge in [-0.25, -0.2) is 0 Å². The molecule has 0 unspecified atom stereocenters. The van der Waals surface area contributed by atoms with E-state index in [0.717, 1.165) is 11.1 Å². The third kappa shape index (κ3) is 3.20. The van der Waals surface area contributed by atoms with Gasteiger partial charge in [-0.3, -0.25) is 4.79 Å². The molecule has 80 valence electrons. The fraction of sp³-hybridized carbons (Fsp3) is 0.333. The second-order valence-electron chi connectivity index (χ2n) is 3.83. The first-order chi connectivity index (χ1) is 7.00. The minimum absolute atomic E-state index is 0.190. The molecule has 0 saturated carbocycles. The van der Waals surface area contributed by atoms with E-state index in [9.17, 15) is 4.79 Å². The molecule has 0 atom stereocenters. The molecule has 1 rings (SSSR count). The van der Waals surface area contributed by atoms with Gasteiger partial charge >= 0.3 is 0 Å². The van der Waals surface area contributed by atoms with Crippen LogP contribution in [0.15, 0.2) is 23.2 Å². The summed E-state index contributed by atoms with van der Waals surface area (Å²) >= 11 is 0. The van der Waals surface area contributed by atoms with Crippen LogP contribution in [0.25, 0.3) is 0 Å². The third-order valence-electron chi connectivity index (χ3n) is 2.03. The van der Waals surface area contributed by atoms with E-state index in [1.165, 1.54) is 6.34 Å². The highest BCUT2D eigenvalue weighted by molar-refractivity contribution is 5.99. The lowest BCUT2D eigenvalue weighted by Crippen LogP contribution is -2.10. The Morgan fingerprint density at radius 1 is 1.33 bits per heavy atom. The standard InChI is InChI=1S/C12H16N2O/c1-9-5-6-10(2)11(7-9)12(15)13-8-14(3)4/h5-8H,1-4H3. The number of rotatable bonds is 2. The molecule has 0 heterocycles. The molecule has 3 nitrogen and oxygen atoms in total. The van der Waals surface area contributed by atoms with Crippen molar-refractivity contribution in [3.8, 4) is 0 Å². The highest BCUT2D eigenvalue weighted by Gasteiger charge is 2.06. The fourth-order valence-corrected chi connectivity index (χ4v) is 1.20. The van der Waals surface area contributed by atoms with E-state index in [0.29, 0.717) is 5.56 Å². The zero-order chi connectivity index (χ0) is 11.4. The summed E-state index contributed by atoms with van der Waals surface area (Å²) in [7, 11) is 3.67. The molecule has 0 saturated heterocycles. The first-order valence-corrected chi connectivity index (χ1v) is 4.83. The maximum Gasteiger partial charge on any atom is 0.278 e. The van der Waals surface area contributed by atoms with Gasteiger partial charge in [0.25, 0.3) is 5.91 Å². The van der Waals surface area contributed by atoms with Crippen LogP contribution in [-0.2, 0) is 0 Å². The predicted molar refractivity (Wildman–Crippen MR) is 62.4 cm³/mol. The number of hydrogen-bond acceptors (Lipinski definition) is 1. The molecule has 0 bridgehead atoms. The third-order valence-corrected chi connectivity index (χ3v) is 2.03. The molecule has 0 spiro atoms. The Morgan fingerprint density at radius 3 is 2.60 bits per heavy atom. The minimum Gasteiger partial charge on any atom is -0.369 e. The van der Waals surface area contributed by atoms with Gasteiger partial charge in [0, 0.05) is 19.7 Å². The summed E-state index contributed by atoms with van der Waals surface area (Å²) in [6.45, 7) is 3.88. The second kappa shape index (κ2) is 4.73. The number of aryl methyl sites for hydroxylation is 2. The Kier molecular flexibility index (Phi) is 3.61. The van der Waals surface area contributed by atoms with Crippen LogP contribution in [0.5, 0.6) is 0 Å². The van der Waals surface area contributed by atoms with E-state index in [2.05, 4.69) is 4.99 Å². The maximum absolute atomic E-state index is 11.7. The normalized spacial score (nSPS) is 10.7. The molecular weight excluding hydrogens is 188 g/mol. The van der Waals surface area contributed by atoms with Gasteiger partial charge in [0.15, 0.2) is 0 Å². The summed E-state index contributed by atoms with van der Waals surface area (Å²) in [6.07, 6.45) is 1.52. The molecule has 0 N–H and O–H groups in total. The zero-order valence-electron chi connectivity index (χ0n) is 9.61. The van der Waals surface area contributed by atoms with Crippen molar-refractivity contribution in [3.63, 3.8) is 0 Å². The van der Waals surface area contributed by atoms with Gasteiger partial charge in [-0.2, -0.15) is 4.99 Å². The Labute approximate surface area is 90.4 Å². The Balaban J connectivity index is 2.96. The average molecular weight is 204 g/mol. The first-order valence-electron chi connectivity index (χ1n) is 4.83. The Bertz CT molecular complexity index is 395. The minimum atomic E-state index is -0.190. The number of amides is 1. The van der Waals surface area contributed by atoms with Crippen molar-refractivity contribution in [2.45, 2.75) is 13.8 Å². The topological polar surface area (TPSA) is 32.7 Å². The highest BCUT2D eigenvalue weighted by Crippen LogP contribution is 2.11. The molecule has 1 aromatic rings. The van der Waals surface area contributed by atoms with Crippen molar-refractivity contribution in [3.05, 3.63) is 34.9 Å². The molecule has 1 aromatic carbocycles. The Hall–Kier alpha value is -1.64. The van der Waals surface area contributed by atoms with Crippen molar-refractivity contribution in [2.24, 2.45) is 4.99 Å². The maximum atomic E-state index is 11.7. The number of hydrogen-bond donors (Lipinski definition) is 0. The van der Waals surface area contributed by atoms with Gasteiger partial charge in [0.05, 0.1) is 6.34 Å². The number of nitrogens with zero attached hydrogens (tertiary/aromatic N) is 2. The molecule has 0 fully saturated rings. The number of aliphatic imine (C=N–C) groups is 1. The molecular formula is C12H16N2O. The quantitative estimate of drug-likeness (QED) is 0.545. The van der Waals surface area contributed by atoms with Crippen molar-refractivity contribution < 1.29 is 4.79 Å². The molecule has 0 aliphatic rings. The largest absolute Gasteiger partial charge is 0.369 e. The van der Waals surface area contributed by atoms with Crippen molar-refractivity contribution in [2.75, 3.05) is 14.1 Å². The van der Waals surface area contributed by atoms with Gasteiger partial charge in [0.2, 0.25) is 0 Å². The lowest BCUT2D eigenvalue weighted by molar-refractivity contribution is 0.100. The van der Waals surface area contributed by atoms with Crippen molar-refractivity contribution in [1.29, 1.82) is 0 Å². The smallest absolute Gasteiger partial charge is 0.278 e. The molecule has 3 heteroatoms. The van der Waals surface area contributed by atoms with Crippen LogP contribution in [0.4, 0.5) is 0 Å². The van der Waals surface area contributed by atoms with Crippen LogP contribution in [0, 0.1) is 13.8 Å². The van der Waals surface area contributed by atoms with E-state index in [1.807, 2.05) is 46.1 Å². The lowest BCUT2D eigenvalue weighted by Gasteiger charge is -2.04. The number of benzene rings is 1. The summed E-state index contributed by atoms with van der Waals surface area (Å²) in [5.74, 6) is -0.190. The summed E-state index contributed by atoms with van der Waals surface area (Å²) in [6, 6.07) is 5.79. The van der Waals surface area contributed by atoms with Crippen LogP contribution in [-0.4, -0.2) is 31.2 Å². The predicted octanol–water partition coefficient (Wildman–Crippen LogP) is 2.03. The van der Waals surface area contributed by atoms with Crippen molar-refractivity contribution in [1.82, 2.24) is 4.90 Å². The number of carbonyl (C=O) groups excluding carboxylic acids is 1. The van der Waals surface area contributed by atoms with E-state index < -0.39 is 0 Å². The van der Waals surface area contributed by atoms with E-state index in [1.54, 1.807) is 4.90 Å². The van der Waals surface area contributed by atoms with Gasteiger partial charge in [-0.1, -0.05) is 17.7 Å². The molecule has 0 aliphatic heterocycles. The number of carbonyl (C=O) groups is 1. The summed E-state index contributed by atoms with van der Waals surface area (Å²) in [5.41, 5.74) is 2.71. The SMILES string of the molecule is Cc1ccc(C)c(C(=O)N=CN(C)C)c1. The van der Waals surface area contributed by atoms with Crippen LogP contribution >= 0.6 is 0 Å². The molecule has 0 aliphatic carbocycles. The molecule has 15 heavy (non-hydrogen) atoms. The summed E-state index contributed by atoms with van der Waals surface area (Å²) < 4.78 is 0. The highest BCUT2D eigenvalue weighted by atomic mass is 16.1. The van der Waals surface area contributed by atoms with E-state index in [-0.39, 0.29) is 5.91 Å². The Morgan fingerprint density at radius 2 is 2.00 bits per heavy atom. The average Bonchev–Trinajstić information content (AvgIpc) is 2.18. The van der Waals surface area contributed by atoms with Gasteiger partial charge in [0.1, 0.15) is 0 Å².